The maximum Gasteiger partial charge on any atom is 0.243 e. The number of fused-ring (bicyclic) bond motifs is 1. The van der Waals surface area contributed by atoms with Gasteiger partial charge in [-0.25, -0.2) is 8.42 Å². The van der Waals surface area contributed by atoms with E-state index in [1.807, 2.05) is 30.3 Å². The second kappa shape index (κ2) is 8.86. The molecule has 4 rings (SSSR count). The van der Waals surface area contributed by atoms with Gasteiger partial charge in [-0.3, -0.25) is 4.79 Å². The van der Waals surface area contributed by atoms with Crippen LogP contribution in [0, 0.1) is 5.92 Å². The van der Waals surface area contributed by atoms with E-state index in [1.165, 1.54) is 11.4 Å². The van der Waals surface area contributed by atoms with Gasteiger partial charge in [-0.05, 0) is 53.9 Å². The predicted molar refractivity (Wildman–Crippen MR) is 122 cm³/mol. The number of nitrogens with one attached hydrogen (secondary N) is 1. The highest BCUT2D eigenvalue weighted by Gasteiger charge is 2.33. The van der Waals surface area contributed by atoms with Crippen LogP contribution in [-0.4, -0.2) is 38.8 Å². The highest BCUT2D eigenvalue weighted by Crippen LogP contribution is 2.29. The fraction of sp³-hybridized carbons (Fsp3) is 0.261. The van der Waals surface area contributed by atoms with Crippen LogP contribution in [0.5, 0.6) is 5.75 Å². The number of benzene rings is 3. The number of piperidine rings is 1. The molecule has 0 spiro atoms. The summed E-state index contributed by atoms with van der Waals surface area (Å²) in [4.78, 5) is 13.1. The van der Waals surface area contributed by atoms with Crippen LogP contribution in [0.2, 0.25) is 5.02 Å². The first-order chi connectivity index (χ1) is 14.9. The lowest BCUT2D eigenvalue weighted by molar-refractivity contribution is -0.120. The van der Waals surface area contributed by atoms with Crippen molar-refractivity contribution in [1.82, 2.24) is 4.31 Å². The van der Waals surface area contributed by atoms with Gasteiger partial charge in [0.2, 0.25) is 15.9 Å². The van der Waals surface area contributed by atoms with Crippen LogP contribution in [-0.2, 0) is 14.8 Å². The molecule has 6 nitrogen and oxygen atoms in total. The summed E-state index contributed by atoms with van der Waals surface area (Å²) in [5.41, 5.74) is 0.547. The minimum absolute atomic E-state index is 0.144. The van der Waals surface area contributed by atoms with Crippen LogP contribution in [0.3, 0.4) is 0 Å². The Morgan fingerprint density at radius 3 is 2.61 bits per heavy atom. The van der Waals surface area contributed by atoms with Gasteiger partial charge in [0.1, 0.15) is 5.75 Å². The van der Waals surface area contributed by atoms with Crippen LogP contribution in [0.1, 0.15) is 12.8 Å². The molecule has 0 bridgehead atoms. The lowest BCUT2D eigenvalue weighted by Crippen LogP contribution is -2.43. The smallest absolute Gasteiger partial charge is 0.243 e. The number of hydrogen-bond donors (Lipinski definition) is 1. The lowest BCUT2D eigenvalue weighted by Gasteiger charge is -2.31. The highest BCUT2D eigenvalue weighted by molar-refractivity contribution is 7.89. The molecule has 162 valence electrons. The van der Waals surface area contributed by atoms with Gasteiger partial charge in [-0.2, -0.15) is 4.31 Å². The van der Waals surface area contributed by atoms with Crippen molar-refractivity contribution < 1.29 is 17.9 Å². The molecule has 1 fully saturated rings. The topological polar surface area (TPSA) is 75.7 Å². The van der Waals surface area contributed by atoms with Crippen molar-refractivity contribution in [1.29, 1.82) is 0 Å². The fourth-order valence-corrected chi connectivity index (χ4v) is 5.66. The van der Waals surface area contributed by atoms with Gasteiger partial charge in [-0.15, -0.1) is 0 Å². The van der Waals surface area contributed by atoms with Crippen molar-refractivity contribution in [2.75, 3.05) is 25.5 Å². The highest BCUT2D eigenvalue weighted by atomic mass is 35.5. The van der Waals surface area contributed by atoms with E-state index in [0.29, 0.717) is 35.8 Å². The molecule has 0 saturated carbocycles. The van der Waals surface area contributed by atoms with Crippen LogP contribution in [0.25, 0.3) is 10.8 Å². The Morgan fingerprint density at radius 1 is 1.10 bits per heavy atom. The van der Waals surface area contributed by atoms with E-state index < -0.39 is 15.9 Å². The minimum atomic E-state index is -3.69. The Balaban J connectivity index is 1.50. The molecule has 1 aliphatic heterocycles. The Kier molecular flexibility index (Phi) is 6.18. The van der Waals surface area contributed by atoms with Crippen molar-refractivity contribution in [3.63, 3.8) is 0 Å². The van der Waals surface area contributed by atoms with Crippen molar-refractivity contribution in [2.24, 2.45) is 5.92 Å². The summed E-state index contributed by atoms with van der Waals surface area (Å²) in [5, 5.41) is 5.08. The molecule has 1 saturated heterocycles. The maximum atomic E-state index is 13.2. The van der Waals surface area contributed by atoms with Gasteiger partial charge in [0.15, 0.2) is 0 Å². The Bertz CT molecular complexity index is 1230. The minimum Gasteiger partial charge on any atom is -0.495 e. The van der Waals surface area contributed by atoms with Crippen molar-refractivity contribution in [3.05, 3.63) is 65.7 Å². The normalized spacial score (nSPS) is 17.4. The second-order valence-electron chi connectivity index (χ2n) is 7.55. The van der Waals surface area contributed by atoms with Gasteiger partial charge >= 0.3 is 0 Å². The molecule has 1 atom stereocenters. The molecular formula is C23H23ClN2O4S. The van der Waals surface area contributed by atoms with E-state index >= 15 is 0 Å². The van der Waals surface area contributed by atoms with E-state index in [0.717, 1.165) is 10.8 Å². The molecule has 0 unspecified atom stereocenters. The van der Waals surface area contributed by atoms with Gasteiger partial charge in [0.05, 0.1) is 22.9 Å². The standard InChI is InChI=1S/C23H23ClN2O4S/c1-30-22-11-9-19(14-21(22)24)25-23(27)18-7-4-12-26(15-18)31(28,29)20-10-8-16-5-2-3-6-17(16)13-20/h2-3,5-6,8-11,13-14,18H,4,7,12,15H2,1H3,(H,25,27)/t18-/m0/s1. The number of sulfonamides is 1. The summed E-state index contributed by atoms with van der Waals surface area (Å²) >= 11 is 6.13. The molecule has 1 heterocycles. The molecule has 31 heavy (non-hydrogen) atoms. The molecular weight excluding hydrogens is 436 g/mol. The first-order valence-corrected chi connectivity index (χ1v) is 11.8. The molecule has 1 aliphatic rings. The van der Waals surface area contributed by atoms with Crippen LogP contribution in [0.15, 0.2) is 65.6 Å². The number of hydrogen-bond acceptors (Lipinski definition) is 4. The van der Waals surface area contributed by atoms with E-state index in [4.69, 9.17) is 16.3 Å². The first-order valence-electron chi connectivity index (χ1n) is 10.0. The summed E-state index contributed by atoms with van der Waals surface area (Å²) in [6.45, 7) is 0.540. The molecule has 0 radical (unpaired) electrons. The first kappa shape index (κ1) is 21.6. The average molecular weight is 459 g/mol. The summed E-state index contributed by atoms with van der Waals surface area (Å²) in [7, 11) is -2.17. The van der Waals surface area contributed by atoms with Crippen LogP contribution < -0.4 is 10.1 Å². The number of rotatable bonds is 5. The van der Waals surface area contributed by atoms with Crippen LogP contribution >= 0.6 is 11.6 Å². The summed E-state index contributed by atoms with van der Waals surface area (Å²) in [6.07, 6.45) is 1.24. The number of methoxy groups -OCH3 is 1. The number of ether oxygens (including phenoxy) is 1. The molecule has 8 heteroatoms. The fourth-order valence-electron chi connectivity index (χ4n) is 3.84. The second-order valence-corrected chi connectivity index (χ2v) is 9.89. The average Bonchev–Trinajstić information content (AvgIpc) is 2.79. The quantitative estimate of drug-likeness (QED) is 0.609. The third-order valence-electron chi connectivity index (χ3n) is 5.53. The largest absolute Gasteiger partial charge is 0.495 e. The zero-order valence-electron chi connectivity index (χ0n) is 17.0. The van der Waals surface area contributed by atoms with Gasteiger partial charge in [0, 0.05) is 18.8 Å². The molecule has 3 aromatic carbocycles. The van der Waals surface area contributed by atoms with Crippen molar-refractivity contribution >= 4 is 44.0 Å². The number of carbonyl (C=O) groups excluding carboxylic acids is 1. The number of anilines is 1. The van der Waals surface area contributed by atoms with Gasteiger partial charge in [-0.1, -0.05) is 41.9 Å². The third kappa shape index (κ3) is 4.54. The molecule has 1 N–H and O–H groups in total. The molecule has 0 aliphatic carbocycles. The van der Waals surface area contributed by atoms with Gasteiger partial charge < -0.3 is 10.1 Å². The number of amides is 1. The SMILES string of the molecule is COc1ccc(NC(=O)[C@H]2CCCN(S(=O)(=O)c3ccc4ccccc4c3)C2)cc1Cl. The number of nitrogens with zero attached hydrogens (tertiary/aromatic N) is 1. The van der Waals surface area contributed by atoms with Gasteiger partial charge in [0.25, 0.3) is 0 Å². The van der Waals surface area contributed by atoms with Crippen LogP contribution in [0.4, 0.5) is 5.69 Å². The van der Waals surface area contributed by atoms with Crippen molar-refractivity contribution in [3.8, 4) is 5.75 Å². The van der Waals surface area contributed by atoms with E-state index in [9.17, 15) is 13.2 Å². The zero-order chi connectivity index (χ0) is 22.0. The van der Waals surface area contributed by atoms with Crippen molar-refractivity contribution in [2.45, 2.75) is 17.7 Å². The summed E-state index contributed by atoms with van der Waals surface area (Å²) in [6, 6.07) is 17.7. The monoisotopic (exact) mass is 458 g/mol. The van der Waals surface area contributed by atoms with E-state index in [2.05, 4.69) is 5.32 Å². The van der Waals surface area contributed by atoms with E-state index in [1.54, 1.807) is 30.3 Å². The maximum absolute atomic E-state index is 13.2. The Labute approximate surface area is 186 Å². The molecule has 0 aromatic heterocycles. The van der Waals surface area contributed by atoms with E-state index in [-0.39, 0.29) is 17.3 Å². The molecule has 1 amide bonds. The molecule has 3 aromatic rings. The zero-order valence-corrected chi connectivity index (χ0v) is 18.6. The third-order valence-corrected chi connectivity index (χ3v) is 7.69. The lowest BCUT2D eigenvalue weighted by atomic mass is 9.98. The number of halogens is 1. The summed E-state index contributed by atoms with van der Waals surface area (Å²) in [5.74, 6) is -0.144. The Morgan fingerprint density at radius 2 is 1.87 bits per heavy atom. The number of carbonyl (C=O) groups is 1. The predicted octanol–water partition coefficient (Wildman–Crippen LogP) is 4.54. The Hall–Kier alpha value is -2.61. The summed E-state index contributed by atoms with van der Waals surface area (Å²) < 4.78 is 33.0.